The van der Waals surface area contributed by atoms with Gasteiger partial charge in [-0.1, -0.05) is 0 Å². The molecule has 2 nitrogen and oxygen atoms in total. The van der Waals surface area contributed by atoms with E-state index in [1.807, 2.05) is 12.4 Å². The molecule has 0 amide bonds. The molecule has 1 heterocycles. The quantitative estimate of drug-likeness (QED) is 0.587. The van der Waals surface area contributed by atoms with Crippen LogP contribution in [-0.4, -0.2) is 12.9 Å². The van der Waals surface area contributed by atoms with Gasteiger partial charge in [-0.15, -0.1) is 0 Å². The maximum absolute atomic E-state index is 3.95. The van der Waals surface area contributed by atoms with E-state index in [0.717, 1.165) is 10.2 Å². The van der Waals surface area contributed by atoms with Crippen LogP contribution in [0, 0.1) is 0 Å². The Balaban J connectivity index is 2.58. The van der Waals surface area contributed by atoms with E-state index in [-0.39, 0.29) is 0 Å². The summed E-state index contributed by atoms with van der Waals surface area (Å²) in [5.41, 5.74) is 0. The lowest BCUT2D eigenvalue weighted by Crippen LogP contribution is -2.08. The molecule has 0 atom stereocenters. The molecule has 0 aliphatic carbocycles. The lowest BCUT2D eigenvalue weighted by atomic mass is 10.6. The standard InChI is InChI=1S/C4H5IN2/c5-4-1-6-3-7-2-4/h1-2,6H,3H2. The minimum absolute atomic E-state index is 0.729. The fourth-order valence-electron chi connectivity index (χ4n) is 0.366. The Morgan fingerprint density at radius 2 is 2.71 bits per heavy atom. The summed E-state index contributed by atoms with van der Waals surface area (Å²) in [6.07, 6.45) is 3.78. The summed E-state index contributed by atoms with van der Waals surface area (Å²) < 4.78 is 1.16. The van der Waals surface area contributed by atoms with Crippen LogP contribution < -0.4 is 5.32 Å². The Bertz CT molecular complexity index is 117. The first-order chi connectivity index (χ1) is 3.39. The predicted molar refractivity (Wildman–Crippen MR) is 38.6 cm³/mol. The van der Waals surface area contributed by atoms with Crippen LogP contribution in [0.2, 0.25) is 0 Å². The zero-order chi connectivity index (χ0) is 5.11. The maximum atomic E-state index is 3.95. The minimum Gasteiger partial charge on any atom is -0.371 e. The lowest BCUT2D eigenvalue weighted by molar-refractivity contribution is 0.878. The highest BCUT2D eigenvalue weighted by Crippen LogP contribution is 2.01. The second-order valence-corrected chi connectivity index (χ2v) is 2.45. The van der Waals surface area contributed by atoms with Crippen molar-refractivity contribution in [3.8, 4) is 0 Å². The molecule has 0 radical (unpaired) electrons. The predicted octanol–water partition coefficient (Wildman–Crippen LogP) is 0.894. The summed E-state index contributed by atoms with van der Waals surface area (Å²) in [6, 6.07) is 0. The zero-order valence-electron chi connectivity index (χ0n) is 3.69. The number of nitrogens with zero attached hydrogens (tertiary/aromatic N) is 1. The van der Waals surface area contributed by atoms with Crippen molar-refractivity contribution in [2.45, 2.75) is 0 Å². The lowest BCUT2D eigenvalue weighted by Gasteiger charge is -1.99. The molecule has 0 fully saturated rings. The Morgan fingerprint density at radius 3 is 3.00 bits per heavy atom. The summed E-state index contributed by atoms with van der Waals surface area (Å²) in [5.74, 6) is 0. The van der Waals surface area contributed by atoms with Gasteiger partial charge in [0.1, 0.15) is 6.67 Å². The Hall–Kier alpha value is -0.0600. The van der Waals surface area contributed by atoms with Crippen molar-refractivity contribution in [2.24, 2.45) is 4.99 Å². The monoisotopic (exact) mass is 208 g/mol. The third-order valence-corrected chi connectivity index (χ3v) is 1.23. The highest BCUT2D eigenvalue weighted by molar-refractivity contribution is 14.1. The molecule has 38 valence electrons. The van der Waals surface area contributed by atoms with Crippen molar-refractivity contribution >= 4 is 28.8 Å². The van der Waals surface area contributed by atoms with Gasteiger partial charge >= 0.3 is 0 Å². The molecule has 0 aromatic rings. The summed E-state index contributed by atoms with van der Waals surface area (Å²) in [5, 5.41) is 2.97. The number of allylic oxidation sites excluding steroid dienone is 1. The van der Waals surface area contributed by atoms with Gasteiger partial charge in [0.05, 0.1) is 0 Å². The average molecular weight is 208 g/mol. The van der Waals surface area contributed by atoms with Crippen molar-refractivity contribution in [1.29, 1.82) is 0 Å². The van der Waals surface area contributed by atoms with Gasteiger partial charge in [0, 0.05) is 16.0 Å². The normalized spacial score (nSPS) is 18.1. The number of hydrogen-bond acceptors (Lipinski definition) is 2. The van der Waals surface area contributed by atoms with E-state index in [4.69, 9.17) is 0 Å². The smallest absolute Gasteiger partial charge is 0.107 e. The van der Waals surface area contributed by atoms with Gasteiger partial charge in [-0.25, -0.2) is 0 Å². The number of halogens is 1. The van der Waals surface area contributed by atoms with Crippen molar-refractivity contribution in [1.82, 2.24) is 5.32 Å². The van der Waals surface area contributed by atoms with E-state index in [9.17, 15) is 0 Å². The largest absolute Gasteiger partial charge is 0.371 e. The first-order valence-electron chi connectivity index (χ1n) is 1.98. The molecule has 0 aromatic carbocycles. The average Bonchev–Trinajstić information content (AvgIpc) is 1.69. The van der Waals surface area contributed by atoms with Crippen molar-refractivity contribution in [3.63, 3.8) is 0 Å². The number of rotatable bonds is 0. The van der Waals surface area contributed by atoms with Crippen LogP contribution in [0.3, 0.4) is 0 Å². The third kappa shape index (κ3) is 1.46. The Kier molecular flexibility index (Phi) is 1.67. The van der Waals surface area contributed by atoms with E-state index in [1.54, 1.807) is 0 Å². The van der Waals surface area contributed by atoms with Gasteiger partial charge in [-0.05, 0) is 22.6 Å². The van der Waals surface area contributed by atoms with Gasteiger partial charge in [0.15, 0.2) is 0 Å². The number of hydrogen-bond donors (Lipinski definition) is 1. The molecule has 0 unspecified atom stereocenters. The first-order valence-corrected chi connectivity index (χ1v) is 3.06. The molecule has 0 saturated heterocycles. The molecular weight excluding hydrogens is 203 g/mol. The summed E-state index contributed by atoms with van der Waals surface area (Å²) in [4.78, 5) is 3.95. The third-order valence-electron chi connectivity index (χ3n) is 0.637. The Morgan fingerprint density at radius 1 is 1.86 bits per heavy atom. The van der Waals surface area contributed by atoms with Gasteiger partial charge in [-0.2, -0.15) is 0 Å². The van der Waals surface area contributed by atoms with Crippen LogP contribution in [0.5, 0.6) is 0 Å². The second-order valence-electron chi connectivity index (χ2n) is 1.20. The van der Waals surface area contributed by atoms with E-state index < -0.39 is 0 Å². The fourth-order valence-corrected chi connectivity index (χ4v) is 0.783. The van der Waals surface area contributed by atoms with Gasteiger partial charge in [-0.3, -0.25) is 4.99 Å². The molecule has 1 aliphatic heterocycles. The molecule has 1 N–H and O–H groups in total. The number of aliphatic imine (C=N–C) groups is 1. The molecule has 0 spiro atoms. The molecule has 1 aliphatic rings. The summed E-state index contributed by atoms with van der Waals surface area (Å²) in [6.45, 7) is 0.729. The molecule has 0 saturated carbocycles. The van der Waals surface area contributed by atoms with E-state index >= 15 is 0 Å². The van der Waals surface area contributed by atoms with Gasteiger partial charge in [0.2, 0.25) is 0 Å². The van der Waals surface area contributed by atoms with Crippen LogP contribution in [-0.2, 0) is 0 Å². The molecular formula is C4H5IN2. The van der Waals surface area contributed by atoms with Gasteiger partial charge < -0.3 is 5.32 Å². The zero-order valence-corrected chi connectivity index (χ0v) is 5.84. The first kappa shape index (κ1) is 5.08. The highest BCUT2D eigenvalue weighted by Gasteiger charge is 1.86. The van der Waals surface area contributed by atoms with Crippen molar-refractivity contribution in [2.75, 3.05) is 6.67 Å². The van der Waals surface area contributed by atoms with E-state index in [2.05, 4.69) is 32.9 Å². The topological polar surface area (TPSA) is 24.4 Å². The van der Waals surface area contributed by atoms with Crippen LogP contribution >= 0.6 is 22.6 Å². The summed E-state index contributed by atoms with van der Waals surface area (Å²) in [7, 11) is 0. The second kappa shape index (κ2) is 2.30. The molecule has 0 bridgehead atoms. The molecule has 1 rings (SSSR count). The molecule has 0 aromatic heterocycles. The van der Waals surface area contributed by atoms with Crippen molar-refractivity contribution < 1.29 is 0 Å². The number of nitrogens with one attached hydrogen (secondary N) is 1. The van der Waals surface area contributed by atoms with Crippen molar-refractivity contribution in [3.05, 3.63) is 9.78 Å². The maximum Gasteiger partial charge on any atom is 0.107 e. The summed E-state index contributed by atoms with van der Waals surface area (Å²) >= 11 is 2.21. The van der Waals surface area contributed by atoms with Crippen LogP contribution in [0.25, 0.3) is 0 Å². The Labute approximate surface area is 55.8 Å². The van der Waals surface area contributed by atoms with Crippen LogP contribution in [0.4, 0.5) is 0 Å². The highest BCUT2D eigenvalue weighted by atomic mass is 127. The molecule has 3 heteroatoms. The minimum atomic E-state index is 0.729. The van der Waals surface area contributed by atoms with E-state index in [1.165, 1.54) is 0 Å². The van der Waals surface area contributed by atoms with Gasteiger partial charge in [0.25, 0.3) is 0 Å². The SMILES string of the molecule is IC1=CNCN=C1. The van der Waals surface area contributed by atoms with E-state index in [0.29, 0.717) is 0 Å². The molecule has 7 heavy (non-hydrogen) atoms. The fraction of sp³-hybridized carbons (Fsp3) is 0.250. The van der Waals surface area contributed by atoms with Crippen LogP contribution in [0.15, 0.2) is 14.8 Å². The van der Waals surface area contributed by atoms with Crippen LogP contribution in [0.1, 0.15) is 0 Å².